The maximum Gasteiger partial charge on any atom is 0.0655 e. The van der Waals surface area contributed by atoms with Crippen molar-refractivity contribution in [3.63, 3.8) is 0 Å². The molecule has 0 saturated heterocycles. The number of nitrogens with one attached hydrogen (secondary N) is 1. The molecule has 3 rings (SSSR count). The zero-order chi connectivity index (χ0) is 12.8. The molecule has 2 heteroatoms. The molecule has 0 aliphatic heterocycles. The molecule has 0 radical (unpaired) electrons. The van der Waals surface area contributed by atoms with Gasteiger partial charge >= 0.3 is 0 Å². The van der Waals surface area contributed by atoms with Crippen LogP contribution in [0.3, 0.4) is 0 Å². The van der Waals surface area contributed by atoms with Gasteiger partial charge in [-0.15, -0.1) is 0 Å². The lowest BCUT2D eigenvalue weighted by atomic mass is 9.64. The van der Waals surface area contributed by atoms with E-state index in [0.29, 0.717) is 17.6 Å². The lowest BCUT2D eigenvalue weighted by molar-refractivity contribution is -0.114. The average molecular weight is 249 g/mol. The molecule has 0 aromatic rings. The van der Waals surface area contributed by atoms with E-state index in [0.717, 1.165) is 24.4 Å². The number of ether oxygens (including phenoxy) is 1. The van der Waals surface area contributed by atoms with E-state index in [-0.39, 0.29) is 0 Å². The van der Waals surface area contributed by atoms with Crippen LogP contribution in [0.15, 0.2) is 12.2 Å². The summed E-state index contributed by atoms with van der Waals surface area (Å²) >= 11 is 0. The maximum atomic E-state index is 5.79. The smallest absolute Gasteiger partial charge is 0.0655 e. The molecule has 0 spiro atoms. The van der Waals surface area contributed by atoms with Gasteiger partial charge in [0.05, 0.1) is 6.10 Å². The minimum Gasteiger partial charge on any atom is -0.378 e. The van der Waals surface area contributed by atoms with Crippen LogP contribution in [0.5, 0.6) is 0 Å². The number of hydrogen-bond donors (Lipinski definition) is 1. The molecule has 0 amide bonds. The molecule has 5 unspecified atom stereocenters. The minimum atomic E-state index is 0.309. The normalized spacial score (nSPS) is 44.3. The van der Waals surface area contributed by atoms with Crippen LogP contribution in [0, 0.1) is 23.2 Å². The standard InChI is InChI=1S/C16H27NO/c1-4-18-15-9-14(16(15,2)3)17-10-13-8-11-5-6-12(13)7-11/h5-6,11-15,17H,4,7-10H2,1-3H3. The molecule has 2 bridgehead atoms. The molecule has 1 N–H and O–H groups in total. The van der Waals surface area contributed by atoms with Gasteiger partial charge in [-0.25, -0.2) is 0 Å². The third-order valence-electron chi connectivity index (χ3n) is 5.59. The summed E-state index contributed by atoms with van der Waals surface area (Å²) in [6.07, 6.45) is 9.37. The lowest BCUT2D eigenvalue weighted by Crippen LogP contribution is -2.61. The van der Waals surface area contributed by atoms with E-state index < -0.39 is 0 Å². The molecule has 2 saturated carbocycles. The average Bonchev–Trinajstić information content (AvgIpc) is 2.94. The minimum absolute atomic E-state index is 0.309. The maximum absolute atomic E-state index is 5.79. The van der Waals surface area contributed by atoms with Gasteiger partial charge in [-0.1, -0.05) is 26.0 Å². The number of rotatable bonds is 5. The van der Waals surface area contributed by atoms with Crippen molar-refractivity contribution < 1.29 is 4.74 Å². The Labute approximate surface area is 111 Å². The monoisotopic (exact) mass is 249 g/mol. The summed E-state index contributed by atoms with van der Waals surface area (Å²) in [6, 6.07) is 0.650. The van der Waals surface area contributed by atoms with Crippen LogP contribution in [-0.4, -0.2) is 25.3 Å². The van der Waals surface area contributed by atoms with Gasteiger partial charge < -0.3 is 10.1 Å². The zero-order valence-electron chi connectivity index (χ0n) is 12.0. The molecule has 3 aliphatic rings. The summed E-state index contributed by atoms with van der Waals surface area (Å²) in [7, 11) is 0. The van der Waals surface area contributed by atoms with Gasteiger partial charge in [0, 0.05) is 18.1 Å². The fraction of sp³-hybridized carbons (Fsp3) is 0.875. The molecule has 5 atom stereocenters. The first kappa shape index (κ1) is 12.7. The predicted octanol–water partition coefficient (Wildman–Crippen LogP) is 2.99. The third kappa shape index (κ3) is 2.04. The van der Waals surface area contributed by atoms with Crippen LogP contribution < -0.4 is 5.32 Å². The Morgan fingerprint density at radius 3 is 2.61 bits per heavy atom. The molecular weight excluding hydrogens is 222 g/mol. The Kier molecular flexibility index (Phi) is 3.27. The fourth-order valence-corrected chi connectivity index (χ4v) is 4.14. The van der Waals surface area contributed by atoms with Crippen LogP contribution in [-0.2, 0) is 4.74 Å². The summed E-state index contributed by atoms with van der Waals surface area (Å²) in [4.78, 5) is 0. The van der Waals surface area contributed by atoms with Crippen molar-refractivity contribution in [2.45, 2.75) is 52.2 Å². The van der Waals surface area contributed by atoms with E-state index in [1.165, 1.54) is 25.8 Å². The SMILES string of the molecule is CCOC1CC(NCC2CC3C=CC2C3)C1(C)C. The summed E-state index contributed by atoms with van der Waals surface area (Å²) in [5.41, 5.74) is 0.309. The van der Waals surface area contributed by atoms with Gasteiger partial charge in [0.2, 0.25) is 0 Å². The van der Waals surface area contributed by atoms with Crippen molar-refractivity contribution in [3.8, 4) is 0 Å². The summed E-state index contributed by atoms with van der Waals surface area (Å²) in [6.45, 7) is 8.83. The van der Waals surface area contributed by atoms with Crippen molar-refractivity contribution in [2.75, 3.05) is 13.2 Å². The van der Waals surface area contributed by atoms with Gasteiger partial charge in [-0.2, -0.15) is 0 Å². The molecule has 0 heterocycles. The molecule has 102 valence electrons. The van der Waals surface area contributed by atoms with Crippen molar-refractivity contribution in [1.82, 2.24) is 5.32 Å². The second-order valence-corrected chi connectivity index (χ2v) is 7.00. The second-order valence-electron chi connectivity index (χ2n) is 7.00. The number of hydrogen-bond acceptors (Lipinski definition) is 2. The van der Waals surface area contributed by atoms with Crippen LogP contribution in [0.4, 0.5) is 0 Å². The van der Waals surface area contributed by atoms with Gasteiger partial charge in [-0.3, -0.25) is 0 Å². The van der Waals surface area contributed by atoms with Crippen molar-refractivity contribution in [2.24, 2.45) is 23.2 Å². The summed E-state index contributed by atoms with van der Waals surface area (Å²) in [5, 5.41) is 3.81. The lowest BCUT2D eigenvalue weighted by Gasteiger charge is -2.52. The Bertz CT molecular complexity index is 336. The van der Waals surface area contributed by atoms with Gasteiger partial charge in [0.25, 0.3) is 0 Å². The Morgan fingerprint density at radius 1 is 1.22 bits per heavy atom. The van der Waals surface area contributed by atoms with E-state index in [4.69, 9.17) is 4.74 Å². The highest BCUT2D eigenvalue weighted by atomic mass is 16.5. The van der Waals surface area contributed by atoms with Crippen molar-refractivity contribution in [3.05, 3.63) is 12.2 Å². The molecule has 2 fully saturated rings. The van der Waals surface area contributed by atoms with E-state index in [1.807, 2.05) is 0 Å². The van der Waals surface area contributed by atoms with Crippen LogP contribution in [0.25, 0.3) is 0 Å². The predicted molar refractivity (Wildman–Crippen MR) is 74.4 cm³/mol. The van der Waals surface area contributed by atoms with Crippen molar-refractivity contribution in [1.29, 1.82) is 0 Å². The Balaban J connectivity index is 1.46. The molecule has 2 nitrogen and oxygen atoms in total. The first-order valence-corrected chi connectivity index (χ1v) is 7.64. The van der Waals surface area contributed by atoms with Crippen molar-refractivity contribution >= 4 is 0 Å². The molecule has 18 heavy (non-hydrogen) atoms. The largest absolute Gasteiger partial charge is 0.378 e. The molecular formula is C16H27NO. The van der Waals surface area contributed by atoms with E-state index >= 15 is 0 Å². The summed E-state index contributed by atoms with van der Waals surface area (Å²) < 4.78 is 5.79. The Hall–Kier alpha value is -0.340. The van der Waals surface area contributed by atoms with Crippen LogP contribution in [0.2, 0.25) is 0 Å². The van der Waals surface area contributed by atoms with Gasteiger partial charge in [-0.05, 0) is 50.5 Å². The van der Waals surface area contributed by atoms with Gasteiger partial charge in [0.1, 0.15) is 0 Å². The Morgan fingerprint density at radius 2 is 2.06 bits per heavy atom. The highest BCUT2D eigenvalue weighted by molar-refractivity contribution is 5.11. The topological polar surface area (TPSA) is 21.3 Å². The first-order chi connectivity index (χ1) is 8.61. The van der Waals surface area contributed by atoms with E-state index in [1.54, 1.807) is 0 Å². The molecule has 3 aliphatic carbocycles. The highest BCUT2D eigenvalue weighted by Crippen LogP contribution is 2.45. The van der Waals surface area contributed by atoms with Gasteiger partial charge in [0.15, 0.2) is 0 Å². The fourth-order valence-electron chi connectivity index (χ4n) is 4.14. The summed E-state index contributed by atoms with van der Waals surface area (Å²) in [5.74, 6) is 2.66. The highest BCUT2D eigenvalue weighted by Gasteiger charge is 2.49. The number of fused-ring (bicyclic) bond motifs is 2. The number of allylic oxidation sites excluding steroid dienone is 2. The third-order valence-corrected chi connectivity index (χ3v) is 5.59. The second kappa shape index (κ2) is 4.64. The van der Waals surface area contributed by atoms with Crippen LogP contribution in [0.1, 0.15) is 40.0 Å². The zero-order valence-corrected chi connectivity index (χ0v) is 12.0. The molecule has 0 aromatic heterocycles. The first-order valence-electron chi connectivity index (χ1n) is 7.64. The van der Waals surface area contributed by atoms with E-state index in [2.05, 4.69) is 38.2 Å². The molecule has 0 aromatic carbocycles. The quantitative estimate of drug-likeness (QED) is 0.756. The van der Waals surface area contributed by atoms with Crippen LogP contribution >= 0.6 is 0 Å². The van der Waals surface area contributed by atoms with E-state index in [9.17, 15) is 0 Å².